The lowest BCUT2D eigenvalue weighted by Gasteiger charge is -2.18. The van der Waals surface area contributed by atoms with Crippen LogP contribution in [0.25, 0.3) is 0 Å². The van der Waals surface area contributed by atoms with E-state index in [1.54, 1.807) is 62.4 Å². The molecule has 2 amide bonds. The Kier molecular flexibility index (Phi) is 7.86. The maximum Gasteiger partial charge on any atom is 0.291 e. The van der Waals surface area contributed by atoms with Crippen molar-refractivity contribution in [1.82, 2.24) is 4.31 Å². The second kappa shape index (κ2) is 10.8. The minimum absolute atomic E-state index is 0.108. The van der Waals surface area contributed by atoms with Gasteiger partial charge >= 0.3 is 0 Å². The van der Waals surface area contributed by atoms with Gasteiger partial charge in [0.1, 0.15) is 5.75 Å². The molecule has 2 N–H and O–H groups in total. The molecule has 0 saturated heterocycles. The Morgan fingerprint density at radius 1 is 0.939 bits per heavy atom. The first-order valence-electron chi connectivity index (χ1n) is 10.3. The number of furan rings is 1. The average Bonchev–Trinajstić information content (AvgIpc) is 3.35. The minimum Gasteiger partial charge on any atom is -0.484 e. The first-order valence-corrected chi connectivity index (χ1v) is 11.7. The van der Waals surface area contributed by atoms with E-state index < -0.39 is 15.9 Å². The number of nitrogens with one attached hydrogen (secondary N) is 2. The SMILES string of the molecule is CCN(CC)S(=O)(=O)c1cccc(NC(=O)COc2ccc(NC(=O)c3ccco3)cc2)c1. The highest BCUT2D eigenvalue weighted by atomic mass is 32.2. The summed E-state index contributed by atoms with van der Waals surface area (Å²) in [5.41, 5.74) is 0.896. The Hall–Kier alpha value is -3.63. The fourth-order valence-electron chi connectivity index (χ4n) is 3.03. The third-order valence-electron chi connectivity index (χ3n) is 4.69. The quantitative estimate of drug-likeness (QED) is 0.467. The van der Waals surface area contributed by atoms with Gasteiger partial charge in [-0.1, -0.05) is 19.9 Å². The van der Waals surface area contributed by atoms with Gasteiger partial charge in [-0.3, -0.25) is 9.59 Å². The predicted octanol–water partition coefficient (Wildman–Crippen LogP) is 3.58. The lowest BCUT2D eigenvalue weighted by Crippen LogP contribution is -2.30. The molecule has 0 spiro atoms. The van der Waals surface area contributed by atoms with Gasteiger partial charge in [0.25, 0.3) is 11.8 Å². The van der Waals surface area contributed by atoms with Crippen LogP contribution < -0.4 is 15.4 Å². The smallest absolute Gasteiger partial charge is 0.291 e. The summed E-state index contributed by atoms with van der Waals surface area (Å²) in [4.78, 5) is 24.4. The normalized spacial score (nSPS) is 11.2. The molecule has 10 heteroatoms. The Bertz CT molecular complexity index is 1190. The van der Waals surface area contributed by atoms with Crippen molar-refractivity contribution >= 4 is 33.2 Å². The first kappa shape index (κ1) is 24.0. The average molecular weight is 472 g/mol. The van der Waals surface area contributed by atoms with Crippen molar-refractivity contribution in [2.24, 2.45) is 0 Å². The molecule has 0 unspecified atom stereocenters. The second-order valence-corrected chi connectivity index (χ2v) is 8.85. The van der Waals surface area contributed by atoms with Gasteiger partial charge in [-0.25, -0.2) is 8.42 Å². The largest absolute Gasteiger partial charge is 0.484 e. The lowest BCUT2D eigenvalue weighted by atomic mass is 10.3. The number of carbonyl (C=O) groups excluding carboxylic acids is 2. The topological polar surface area (TPSA) is 118 Å². The molecule has 3 aromatic rings. The van der Waals surface area contributed by atoms with Crippen LogP contribution in [-0.4, -0.2) is 44.2 Å². The lowest BCUT2D eigenvalue weighted by molar-refractivity contribution is -0.118. The van der Waals surface area contributed by atoms with Crippen LogP contribution in [0.15, 0.2) is 76.2 Å². The van der Waals surface area contributed by atoms with Crippen molar-refractivity contribution in [3.05, 3.63) is 72.7 Å². The molecule has 0 aliphatic carbocycles. The monoisotopic (exact) mass is 471 g/mol. The predicted molar refractivity (Wildman–Crippen MR) is 124 cm³/mol. The van der Waals surface area contributed by atoms with Gasteiger partial charge in [-0.05, 0) is 54.6 Å². The maximum absolute atomic E-state index is 12.7. The summed E-state index contributed by atoms with van der Waals surface area (Å²) in [5, 5.41) is 5.32. The third kappa shape index (κ3) is 6.21. The van der Waals surface area contributed by atoms with Crippen molar-refractivity contribution in [3.63, 3.8) is 0 Å². The van der Waals surface area contributed by atoms with E-state index in [1.165, 1.54) is 22.7 Å². The van der Waals surface area contributed by atoms with Crippen LogP contribution in [0.2, 0.25) is 0 Å². The van der Waals surface area contributed by atoms with Crippen LogP contribution >= 0.6 is 0 Å². The van der Waals surface area contributed by atoms with Crippen LogP contribution in [0.3, 0.4) is 0 Å². The highest BCUT2D eigenvalue weighted by Gasteiger charge is 2.21. The van der Waals surface area contributed by atoms with Crippen molar-refractivity contribution < 1.29 is 27.2 Å². The number of hydrogen-bond acceptors (Lipinski definition) is 6. The van der Waals surface area contributed by atoms with E-state index in [-0.39, 0.29) is 23.2 Å². The number of ether oxygens (including phenoxy) is 1. The summed E-state index contributed by atoms with van der Waals surface area (Å²) in [6.45, 7) is 3.97. The first-order chi connectivity index (χ1) is 15.8. The zero-order valence-corrected chi connectivity index (χ0v) is 19.1. The van der Waals surface area contributed by atoms with Crippen molar-refractivity contribution in [2.75, 3.05) is 30.3 Å². The second-order valence-electron chi connectivity index (χ2n) is 6.91. The molecule has 0 atom stereocenters. The van der Waals surface area contributed by atoms with Gasteiger partial charge in [0.05, 0.1) is 11.2 Å². The number of rotatable bonds is 10. The molecule has 2 aromatic carbocycles. The fraction of sp³-hybridized carbons (Fsp3) is 0.217. The number of hydrogen-bond donors (Lipinski definition) is 2. The van der Waals surface area contributed by atoms with Crippen LogP contribution in [0.4, 0.5) is 11.4 Å². The van der Waals surface area contributed by atoms with E-state index in [0.717, 1.165) is 0 Å². The Morgan fingerprint density at radius 3 is 2.30 bits per heavy atom. The van der Waals surface area contributed by atoms with Crippen molar-refractivity contribution in [3.8, 4) is 5.75 Å². The van der Waals surface area contributed by atoms with Crippen LogP contribution in [-0.2, 0) is 14.8 Å². The van der Waals surface area contributed by atoms with Crippen LogP contribution in [0.5, 0.6) is 5.75 Å². The standard InChI is InChI=1S/C23H25N3O6S/c1-3-26(4-2)33(29,30)20-8-5-7-18(15-20)24-22(27)16-32-19-12-10-17(11-13-19)25-23(28)21-9-6-14-31-21/h5-15H,3-4,16H2,1-2H3,(H,24,27)(H,25,28). The molecule has 33 heavy (non-hydrogen) atoms. The molecule has 1 aromatic heterocycles. The number of nitrogens with zero attached hydrogens (tertiary/aromatic N) is 1. The maximum atomic E-state index is 12.7. The van der Waals surface area contributed by atoms with Gasteiger partial charge in [0, 0.05) is 24.5 Å². The Morgan fingerprint density at radius 2 is 1.67 bits per heavy atom. The molecule has 3 rings (SSSR count). The zero-order chi connectivity index (χ0) is 23.8. The zero-order valence-electron chi connectivity index (χ0n) is 18.3. The summed E-state index contributed by atoms with van der Waals surface area (Å²) in [5.74, 6) is -0.194. The fourth-order valence-corrected chi connectivity index (χ4v) is 4.53. The molecule has 9 nitrogen and oxygen atoms in total. The number of carbonyl (C=O) groups is 2. The highest BCUT2D eigenvalue weighted by Crippen LogP contribution is 2.20. The van der Waals surface area contributed by atoms with E-state index in [1.807, 2.05) is 0 Å². The van der Waals surface area contributed by atoms with E-state index in [4.69, 9.17) is 9.15 Å². The Labute approximate surface area is 192 Å². The number of amides is 2. The number of benzene rings is 2. The summed E-state index contributed by atoms with van der Waals surface area (Å²) >= 11 is 0. The van der Waals surface area contributed by atoms with Gasteiger partial charge in [-0.15, -0.1) is 0 Å². The number of sulfonamides is 1. The molecule has 0 fully saturated rings. The van der Waals surface area contributed by atoms with Gasteiger partial charge in [0.15, 0.2) is 12.4 Å². The van der Waals surface area contributed by atoms with Gasteiger partial charge < -0.3 is 19.8 Å². The molecule has 1 heterocycles. The molecule has 0 bridgehead atoms. The van der Waals surface area contributed by atoms with E-state index in [0.29, 0.717) is 30.2 Å². The minimum atomic E-state index is -3.63. The van der Waals surface area contributed by atoms with E-state index in [9.17, 15) is 18.0 Å². The highest BCUT2D eigenvalue weighted by molar-refractivity contribution is 7.89. The third-order valence-corrected chi connectivity index (χ3v) is 6.73. The summed E-state index contributed by atoms with van der Waals surface area (Å²) in [6, 6.07) is 15.8. The van der Waals surface area contributed by atoms with Crippen LogP contribution in [0, 0.1) is 0 Å². The van der Waals surface area contributed by atoms with E-state index in [2.05, 4.69) is 10.6 Å². The molecular formula is C23H25N3O6S. The van der Waals surface area contributed by atoms with Gasteiger partial charge in [-0.2, -0.15) is 4.31 Å². The van der Waals surface area contributed by atoms with E-state index >= 15 is 0 Å². The molecule has 0 aliphatic rings. The van der Waals surface area contributed by atoms with Gasteiger partial charge in [0.2, 0.25) is 10.0 Å². The Balaban J connectivity index is 1.55. The van der Waals surface area contributed by atoms with Crippen LogP contribution in [0.1, 0.15) is 24.4 Å². The molecule has 0 aliphatic heterocycles. The molecular weight excluding hydrogens is 446 g/mol. The summed E-state index contributed by atoms with van der Waals surface area (Å²) < 4.78 is 37.2. The molecule has 0 saturated carbocycles. The van der Waals surface area contributed by atoms with Crippen molar-refractivity contribution in [1.29, 1.82) is 0 Å². The van der Waals surface area contributed by atoms with Crippen molar-refractivity contribution in [2.45, 2.75) is 18.7 Å². The number of anilines is 2. The summed E-state index contributed by atoms with van der Waals surface area (Å²) in [7, 11) is -3.63. The molecule has 0 radical (unpaired) electrons. The summed E-state index contributed by atoms with van der Waals surface area (Å²) in [6.07, 6.45) is 1.41. The molecule has 174 valence electrons.